The number of rotatable bonds is 2. The van der Waals surface area contributed by atoms with Crippen molar-refractivity contribution in [2.75, 3.05) is 0 Å². The van der Waals surface area contributed by atoms with E-state index in [2.05, 4.69) is 110 Å². The van der Waals surface area contributed by atoms with Crippen LogP contribution in [0.15, 0.2) is 103 Å². The molecule has 1 atom stereocenters. The average molecular weight is 521 g/mol. The molecule has 4 heteroatoms. The van der Waals surface area contributed by atoms with Crippen LogP contribution in [0, 0.1) is 13.0 Å². The Balaban J connectivity index is 0.000000144. The molecule has 5 aromatic carbocycles. The Labute approximate surface area is 214 Å². The Morgan fingerprint density at radius 3 is 2.30 bits per heavy atom. The SMILES string of the molecule is Cc1[cH-]c2ccccc2c1Pc1ccccc1.[Cl][Ti][Cl].[c-]1cccc2c1Cc1ccccc1-2. The molecule has 0 nitrogen and oxygen atoms in total. The Morgan fingerprint density at radius 1 is 0.818 bits per heavy atom. The fourth-order valence-electron chi connectivity index (χ4n) is 4.20. The summed E-state index contributed by atoms with van der Waals surface area (Å²) in [5.74, 6) is 0. The van der Waals surface area contributed by atoms with E-state index < -0.39 is 17.0 Å². The predicted molar refractivity (Wildman–Crippen MR) is 144 cm³/mol. The van der Waals surface area contributed by atoms with Crippen LogP contribution in [0.5, 0.6) is 0 Å². The van der Waals surface area contributed by atoms with Crippen LogP contribution in [-0.2, 0) is 23.5 Å². The van der Waals surface area contributed by atoms with Gasteiger partial charge in [-0.05, 0) is 11.7 Å². The average Bonchev–Trinajstić information content (AvgIpc) is 3.38. The van der Waals surface area contributed by atoms with E-state index in [1.165, 1.54) is 49.2 Å². The topological polar surface area (TPSA) is 0 Å². The maximum atomic E-state index is 4.89. The van der Waals surface area contributed by atoms with Crippen LogP contribution in [0.2, 0.25) is 0 Å². The summed E-state index contributed by atoms with van der Waals surface area (Å²) in [7, 11) is 10.5. The molecule has 0 radical (unpaired) electrons. The summed E-state index contributed by atoms with van der Waals surface area (Å²) in [4.78, 5) is 0. The minimum Gasteiger partial charge on any atom is -0.179 e. The Morgan fingerprint density at radius 2 is 1.48 bits per heavy atom. The largest absolute Gasteiger partial charge is 0.179 e. The molecule has 0 heterocycles. The van der Waals surface area contributed by atoms with Crippen LogP contribution in [0.25, 0.3) is 21.9 Å². The van der Waals surface area contributed by atoms with Gasteiger partial charge in [-0.1, -0.05) is 78.7 Å². The second-order valence-corrected chi connectivity index (χ2v) is 11.7. The Bertz CT molecular complexity index is 1280. The molecular formula is C29H23Cl2PTi-2. The zero-order valence-electron chi connectivity index (χ0n) is 18.3. The standard InChI is InChI=1S/C16H14P.C13H9.2ClH.Ti/c1-12-11-13-7-5-6-10-15(13)16(12)17-14-8-3-2-4-9-14;1-3-7-12-10(5-1)9-11-6-2-4-8-13(11)12;;;/h2-11,17H,1H3;1-5,7-8H,9H2;2*1H;/q2*-1;;;+2/p-2. The van der Waals surface area contributed by atoms with E-state index in [4.69, 9.17) is 18.6 Å². The van der Waals surface area contributed by atoms with Gasteiger partial charge in [-0.2, -0.15) is 29.8 Å². The summed E-state index contributed by atoms with van der Waals surface area (Å²) < 4.78 is 0. The van der Waals surface area contributed by atoms with Crippen molar-refractivity contribution in [2.45, 2.75) is 13.3 Å². The van der Waals surface area contributed by atoms with Crippen molar-refractivity contribution in [3.63, 3.8) is 0 Å². The van der Waals surface area contributed by atoms with Crippen molar-refractivity contribution >= 4 is 48.6 Å². The van der Waals surface area contributed by atoms with Crippen molar-refractivity contribution in [3.8, 4) is 11.1 Å². The molecule has 0 saturated carbocycles. The Kier molecular flexibility index (Phi) is 8.91. The summed E-state index contributed by atoms with van der Waals surface area (Å²) in [6.07, 6.45) is 1.05. The van der Waals surface area contributed by atoms with E-state index >= 15 is 0 Å². The van der Waals surface area contributed by atoms with Gasteiger partial charge in [-0.3, -0.25) is 0 Å². The van der Waals surface area contributed by atoms with Crippen molar-refractivity contribution in [1.29, 1.82) is 0 Å². The van der Waals surface area contributed by atoms with Crippen LogP contribution in [0.3, 0.4) is 0 Å². The fraction of sp³-hybridized carbons (Fsp3) is 0.0690. The normalized spacial score (nSPS) is 11.2. The quantitative estimate of drug-likeness (QED) is 0.123. The van der Waals surface area contributed by atoms with Gasteiger partial charge in [0.05, 0.1) is 0 Å². The van der Waals surface area contributed by atoms with Crippen molar-refractivity contribution in [2.24, 2.45) is 0 Å². The van der Waals surface area contributed by atoms with E-state index in [0.717, 1.165) is 15.0 Å². The first-order valence-electron chi connectivity index (χ1n) is 10.7. The van der Waals surface area contributed by atoms with Gasteiger partial charge in [-0.25, -0.2) is 0 Å². The molecule has 0 spiro atoms. The second kappa shape index (κ2) is 12.1. The maximum Gasteiger partial charge on any atom is -0.0253 e. The Hall–Kier alpha value is -1.79. The third-order valence-corrected chi connectivity index (χ3v) is 7.19. The van der Waals surface area contributed by atoms with E-state index in [1.54, 1.807) is 0 Å². The smallest absolute Gasteiger partial charge is 0.0253 e. The minimum atomic E-state index is -0.556. The number of hydrogen-bond acceptors (Lipinski definition) is 0. The third-order valence-electron chi connectivity index (χ3n) is 5.66. The molecule has 6 rings (SSSR count). The van der Waals surface area contributed by atoms with E-state index in [1.807, 2.05) is 6.07 Å². The van der Waals surface area contributed by atoms with Gasteiger partial charge in [0.15, 0.2) is 0 Å². The first-order chi connectivity index (χ1) is 16.2. The molecular weight excluding hydrogens is 498 g/mol. The number of aryl methyl sites for hydroxylation is 1. The van der Waals surface area contributed by atoms with Gasteiger partial charge in [-0.15, -0.1) is 60.1 Å². The van der Waals surface area contributed by atoms with E-state index in [9.17, 15) is 0 Å². The predicted octanol–water partition coefficient (Wildman–Crippen LogP) is 7.93. The molecule has 0 fully saturated rings. The van der Waals surface area contributed by atoms with Crippen LogP contribution < -0.4 is 10.6 Å². The molecule has 0 bridgehead atoms. The van der Waals surface area contributed by atoms with Crippen LogP contribution in [0.1, 0.15) is 16.7 Å². The van der Waals surface area contributed by atoms with Gasteiger partial charge in [0, 0.05) is 0 Å². The van der Waals surface area contributed by atoms with Gasteiger partial charge >= 0.3 is 35.6 Å². The summed E-state index contributed by atoms with van der Waals surface area (Å²) in [5.41, 5.74) is 6.92. The summed E-state index contributed by atoms with van der Waals surface area (Å²) in [5, 5.41) is 5.68. The third kappa shape index (κ3) is 6.02. The van der Waals surface area contributed by atoms with Crippen molar-refractivity contribution < 1.29 is 17.0 Å². The summed E-state index contributed by atoms with van der Waals surface area (Å²) >= 11 is -0.556. The van der Waals surface area contributed by atoms with Gasteiger partial charge in [0.1, 0.15) is 0 Å². The molecule has 5 aromatic rings. The molecule has 0 N–H and O–H groups in total. The van der Waals surface area contributed by atoms with Gasteiger partial charge < -0.3 is 0 Å². The second-order valence-electron chi connectivity index (χ2n) is 7.75. The minimum absolute atomic E-state index is 0.556. The number of hydrogen-bond donors (Lipinski definition) is 0. The number of benzene rings is 4. The van der Waals surface area contributed by atoms with Gasteiger partial charge in [0.2, 0.25) is 0 Å². The molecule has 0 aliphatic heterocycles. The van der Waals surface area contributed by atoms with Crippen LogP contribution >= 0.6 is 27.2 Å². The van der Waals surface area contributed by atoms with Crippen LogP contribution in [-0.4, -0.2) is 0 Å². The van der Waals surface area contributed by atoms with Crippen LogP contribution in [0.4, 0.5) is 0 Å². The monoisotopic (exact) mass is 520 g/mol. The molecule has 0 aromatic heterocycles. The molecule has 1 aliphatic rings. The first-order valence-corrected chi connectivity index (χ1v) is 16.0. The number of fused-ring (bicyclic) bond motifs is 4. The van der Waals surface area contributed by atoms with Crippen molar-refractivity contribution in [3.05, 3.63) is 126 Å². The van der Waals surface area contributed by atoms with Crippen molar-refractivity contribution in [1.82, 2.24) is 0 Å². The summed E-state index contributed by atoms with van der Waals surface area (Å²) in [6.45, 7) is 2.21. The summed E-state index contributed by atoms with van der Waals surface area (Å²) in [6, 6.07) is 39.8. The number of halogens is 2. The zero-order valence-corrected chi connectivity index (χ0v) is 22.4. The molecule has 0 amide bonds. The fourth-order valence-corrected chi connectivity index (χ4v) is 5.48. The molecule has 33 heavy (non-hydrogen) atoms. The van der Waals surface area contributed by atoms with E-state index in [-0.39, 0.29) is 0 Å². The van der Waals surface area contributed by atoms with Gasteiger partial charge in [0.25, 0.3) is 0 Å². The molecule has 1 unspecified atom stereocenters. The molecule has 164 valence electrons. The molecule has 0 saturated heterocycles. The molecule has 1 aliphatic carbocycles. The first kappa shape index (κ1) is 24.3. The zero-order chi connectivity index (χ0) is 23.0. The van der Waals surface area contributed by atoms with E-state index in [0.29, 0.717) is 0 Å². The maximum absolute atomic E-state index is 4.89.